The highest BCUT2D eigenvalue weighted by atomic mass is 35.5. The smallest absolute Gasteiger partial charge is 0.131 e. The molecule has 0 bridgehead atoms. The maximum absolute atomic E-state index is 9.48. The van der Waals surface area contributed by atoms with E-state index in [9.17, 15) is 10.2 Å². The van der Waals surface area contributed by atoms with Gasteiger partial charge in [-0.15, -0.1) is 12.4 Å². The van der Waals surface area contributed by atoms with E-state index in [0.29, 0.717) is 17.1 Å². The van der Waals surface area contributed by atoms with E-state index in [-0.39, 0.29) is 18.2 Å². The predicted molar refractivity (Wildman–Crippen MR) is 67.1 cm³/mol. The number of ether oxygens (including phenoxy) is 2. The summed E-state index contributed by atoms with van der Waals surface area (Å²) < 4.78 is 10.2. The van der Waals surface area contributed by atoms with Crippen LogP contribution in [0.4, 0.5) is 0 Å². The molecule has 5 nitrogen and oxygen atoms in total. The van der Waals surface area contributed by atoms with Gasteiger partial charge >= 0.3 is 0 Å². The minimum Gasteiger partial charge on any atom is -0.508 e. The quantitative estimate of drug-likeness (QED) is 0.760. The number of hydrogen-bond donors (Lipinski definition) is 3. The molecule has 17 heavy (non-hydrogen) atoms. The Bertz CT molecular complexity index is 345. The normalized spacial score (nSPS) is 13.5. The Kier molecular flexibility index (Phi) is 6.09. The molecule has 0 unspecified atom stereocenters. The molecule has 6 heteroatoms. The summed E-state index contributed by atoms with van der Waals surface area (Å²) in [6.45, 7) is 1.58. The highest BCUT2D eigenvalue weighted by Gasteiger charge is 2.22. The van der Waals surface area contributed by atoms with Crippen LogP contribution >= 0.6 is 12.4 Å². The average Bonchev–Trinajstić information content (AvgIpc) is 2.26. The highest BCUT2D eigenvalue weighted by Crippen LogP contribution is 2.37. The molecule has 0 fully saturated rings. The molecule has 1 aromatic carbocycles. The number of halogens is 1. The molecule has 0 heterocycles. The second kappa shape index (κ2) is 6.54. The summed E-state index contributed by atoms with van der Waals surface area (Å²) in [5, 5.41) is 18.9. The SMILES string of the molecule is COc1cc(O)cc(OC)c1[C@@H](N)[C@H](C)O.Cl. The van der Waals surface area contributed by atoms with Gasteiger partial charge in [-0.25, -0.2) is 0 Å². The van der Waals surface area contributed by atoms with Gasteiger partial charge in [-0.05, 0) is 6.92 Å². The number of methoxy groups -OCH3 is 2. The van der Waals surface area contributed by atoms with E-state index in [0.717, 1.165) is 0 Å². The van der Waals surface area contributed by atoms with Crippen molar-refractivity contribution in [1.29, 1.82) is 0 Å². The Labute approximate surface area is 107 Å². The van der Waals surface area contributed by atoms with Gasteiger partial charge in [0.1, 0.15) is 17.2 Å². The first-order valence-electron chi connectivity index (χ1n) is 4.89. The lowest BCUT2D eigenvalue weighted by Crippen LogP contribution is -2.24. The van der Waals surface area contributed by atoms with E-state index in [4.69, 9.17) is 15.2 Å². The number of phenolic OH excluding ortho intramolecular Hbond substituents is 1. The van der Waals surface area contributed by atoms with E-state index in [1.165, 1.54) is 26.4 Å². The number of rotatable bonds is 4. The van der Waals surface area contributed by atoms with Gasteiger partial charge in [0.15, 0.2) is 0 Å². The van der Waals surface area contributed by atoms with Gasteiger partial charge in [0.25, 0.3) is 0 Å². The van der Waals surface area contributed by atoms with E-state index in [1.807, 2.05) is 0 Å². The van der Waals surface area contributed by atoms with Crippen LogP contribution in [0.3, 0.4) is 0 Å². The summed E-state index contributed by atoms with van der Waals surface area (Å²) in [7, 11) is 2.93. The van der Waals surface area contributed by atoms with Crippen molar-refractivity contribution in [3.63, 3.8) is 0 Å². The topological polar surface area (TPSA) is 84.9 Å². The average molecular weight is 264 g/mol. The first-order valence-corrected chi connectivity index (χ1v) is 4.89. The molecule has 1 rings (SSSR count). The van der Waals surface area contributed by atoms with E-state index < -0.39 is 12.1 Å². The van der Waals surface area contributed by atoms with E-state index in [2.05, 4.69) is 0 Å². The first kappa shape index (κ1) is 15.8. The third-order valence-electron chi connectivity index (χ3n) is 2.38. The minimum atomic E-state index is -0.743. The van der Waals surface area contributed by atoms with Crippen LogP contribution in [0, 0.1) is 0 Å². The van der Waals surface area contributed by atoms with Crippen molar-refractivity contribution in [1.82, 2.24) is 0 Å². The molecule has 2 atom stereocenters. The Morgan fingerprint density at radius 2 is 1.59 bits per heavy atom. The van der Waals surface area contributed by atoms with Gasteiger partial charge in [0, 0.05) is 12.1 Å². The molecule has 0 aromatic heterocycles. The molecule has 0 saturated carbocycles. The molecular formula is C11H18ClNO4. The van der Waals surface area contributed by atoms with Gasteiger partial charge in [-0.3, -0.25) is 0 Å². The van der Waals surface area contributed by atoms with Crippen LogP contribution < -0.4 is 15.2 Å². The fraction of sp³-hybridized carbons (Fsp3) is 0.455. The van der Waals surface area contributed by atoms with Gasteiger partial charge in [-0.2, -0.15) is 0 Å². The summed E-state index contributed by atoms with van der Waals surface area (Å²) in [6.07, 6.45) is -0.743. The Morgan fingerprint density at radius 3 is 1.88 bits per heavy atom. The monoisotopic (exact) mass is 263 g/mol. The Morgan fingerprint density at radius 1 is 1.18 bits per heavy atom. The number of nitrogens with two attached hydrogens (primary N) is 1. The van der Waals surface area contributed by atoms with E-state index >= 15 is 0 Å². The molecular weight excluding hydrogens is 246 g/mol. The van der Waals surface area contributed by atoms with Gasteiger partial charge in [0.2, 0.25) is 0 Å². The molecule has 0 aliphatic rings. The van der Waals surface area contributed by atoms with Crippen LogP contribution in [-0.4, -0.2) is 30.5 Å². The number of benzene rings is 1. The van der Waals surface area contributed by atoms with Crippen molar-refractivity contribution in [3.8, 4) is 17.2 Å². The van der Waals surface area contributed by atoms with Crippen molar-refractivity contribution in [2.75, 3.05) is 14.2 Å². The number of hydrogen-bond acceptors (Lipinski definition) is 5. The summed E-state index contributed by atoms with van der Waals surface area (Å²) in [6, 6.07) is 2.23. The molecule has 1 aromatic rings. The molecule has 98 valence electrons. The summed E-state index contributed by atoms with van der Waals surface area (Å²) >= 11 is 0. The summed E-state index contributed by atoms with van der Waals surface area (Å²) in [5.41, 5.74) is 6.39. The molecule has 0 spiro atoms. The van der Waals surface area contributed by atoms with Crippen molar-refractivity contribution in [2.45, 2.75) is 19.1 Å². The zero-order valence-electron chi connectivity index (χ0n) is 10.0. The van der Waals surface area contributed by atoms with E-state index in [1.54, 1.807) is 6.92 Å². The van der Waals surface area contributed by atoms with Crippen molar-refractivity contribution in [3.05, 3.63) is 17.7 Å². The Balaban J connectivity index is 0.00000256. The predicted octanol–water partition coefficient (Wildman–Crippen LogP) is 1.21. The van der Waals surface area contributed by atoms with Crippen LogP contribution in [0.5, 0.6) is 17.2 Å². The second-order valence-corrected chi connectivity index (χ2v) is 3.53. The standard InChI is InChI=1S/C11H17NO4.ClH/c1-6(13)11(12)10-8(15-2)4-7(14)5-9(10)16-3;/h4-6,11,13-14H,12H2,1-3H3;1H/t6-,11-;/m0./s1. The zero-order chi connectivity index (χ0) is 12.3. The maximum atomic E-state index is 9.48. The van der Waals surface area contributed by atoms with Crippen molar-refractivity contribution >= 4 is 12.4 Å². The second-order valence-electron chi connectivity index (χ2n) is 3.53. The van der Waals surface area contributed by atoms with Crippen LogP contribution in [0.1, 0.15) is 18.5 Å². The summed E-state index contributed by atoms with van der Waals surface area (Å²) in [5.74, 6) is 0.811. The third-order valence-corrected chi connectivity index (χ3v) is 2.38. The van der Waals surface area contributed by atoms with Crippen LogP contribution in [0.15, 0.2) is 12.1 Å². The lowest BCUT2D eigenvalue weighted by molar-refractivity contribution is 0.161. The fourth-order valence-electron chi connectivity index (χ4n) is 1.49. The zero-order valence-corrected chi connectivity index (χ0v) is 10.8. The van der Waals surface area contributed by atoms with Crippen molar-refractivity contribution < 1.29 is 19.7 Å². The molecule has 0 radical (unpaired) electrons. The number of phenols is 1. The lowest BCUT2D eigenvalue weighted by Gasteiger charge is -2.21. The number of aromatic hydroxyl groups is 1. The molecule has 0 saturated heterocycles. The van der Waals surface area contributed by atoms with Crippen molar-refractivity contribution in [2.24, 2.45) is 5.73 Å². The third kappa shape index (κ3) is 3.39. The van der Waals surface area contributed by atoms with Gasteiger partial charge < -0.3 is 25.4 Å². The highest BCUT2D eigenvalue weighted by molar-refractivity contribution is 5.85. The summed E-state index contributed by atoms with van der Waals surface area (Å²) in [4.78, 5) is 0. The Hall–Kier alpha value is -1.17. The molecule has 4 N–H and O–H groups in total. The largest absolute Gasteiger partial charge is 0.508 e. The van der Waals surface area contributed by atoms with Crippen LogP contribution in [0.25, 0.3) is 0 Å². The molecule has 0 amide bonds. The first-order chi connectivity index (χ1) is 7.51. The fourth-order valence-corrected chi connectivity index (χ4v) is 1.49. The maximum Gasteiger partial charge on any atom is 0.131 e. The van der Waals surface area contributed by atoms with Crippen LogP contribution in [0.2, 0.25) is 0 Å². The van der Waals surface area contributed by atoms with Crippen LogP contribution in [-0.2, 0) is 0 Å². The number of aliphatic hydroxyl groups is 1. The van der Waals surface area contributed by atoms with Gasteiger partial charge in [0.05, 0.1) is 31.9 Å². The number of aliphatic hydroxyl groups excluding tert-OH is 1. The lowest BCUT2D eigenvalue weighted by atomic mass is 10.0. The minimum absolute atomic E-state index is 0. The van der Waals surface area contributed by atoms with Gasteiger partial charge in [-0.1, -0.05) is 0 Å². The molecule has 0 aliphatic heterocycles. The molecule has 0 aliphatic carbocycles.